The SMILES string of the molecule is COC1CC2C3CCC(=O)C3(C)CCC2C2(C(C)(C)O[SiH2]C(C)(C)C)C(=N)CC(=O)CC12. The van der Waals surface area contributed by atoms with E-state index in [4.69, 9.17) is 9.16 Å². The molecule has 4 saturated carbocycles. The predicted octanol–water partition coefficient (Wildman–Crippen LogP) is 4.50. The molecule has 4 fully saturated rings. The molecule has 7 unspecified atom stereocenters. The zero-order chi connectivity index (χ0) is 23.7. The first-order valence-electron chi connectivity index (χ1n) is 12.6. The molecule has 0 aromatic rings. The standard InChI is InChI=1S/C26H43NO4Si/c1-23(2,3)32-31-24(4,5)26-18-10-11-25(6)17(8-9-22(25)29)16(18)14-20(30-7)19(26)12-15(28)13-21(26)27/h16-20,27H,8-14,32H2,1-7H3. The van der Waals surface area contributed by atoms with Crippen LogP contribution in [0.4, 0.5) is 0 Å². The molecule has 0 bridgehead atoms. The molecule has 6 heteroatoms. The number of carbonyl (C=O) groups is 2. The normalized spacial score (nSPS) is 42.8. The van der Waals surface area contributed by atoms with Gasteiger partial charge in [-0.05, 0) is 62.3 Å². The van der Waals surface area contributed by atoms with Crippen LogP contribution in [0.15, 0.2) is 0 Å². The molecule has 180 valence electrons. The van der Waals surface area contributed by atoms with Gasteiger partial charge in [0.1, 0.15) is 11.6 Å². The molecule has 4 rings (SSSR count). The van der Waals surface area contributed by atoms with Gasteiger partial charge < -0.3 is 14.6 Å². The second-order valence-electron chi connectivity index (χ2n) is 13.0. The summed E-state index contributed by atoms with van der Waals surface area (Å²) in [5, 5.41) is 9.49. The van der Waals surface area contributed by atoms with Crippen LogP contribution in [0.3, 0.4) is 0 Å². The number of rotatable bonds is 4. The number of hydrogen-bond donors (Lipinski definition) is 1. The molecular weight excluding hydrogens is 418 g/mol. The van der Waals surface area contributed by atoms with Gasteiger partial charge >= 0.3 is 0 Å². The highest BCUT2D eigenvalue weighted by atomic mass is 28.2. The number of nitrogens with one attached hydrogen (secondary N) is 1. The van der Waals surface area contributed by atoms with Crippen molar-refractivity contribution in [3.8, 4) is 0 Å². The molecule has 7 atom stereocenters. The third-order valence-electron chi connectivity index (χ3n) is 9.75. The van der Waals surface area contributed by atoms with Gasteiger partial charge in [-0.15, -0.1) is 0 Å². The van der Waals surface area contributed by atoms with E-state index in [9.17, 15) is 15.0 Å². The fourth-order valence-electron chi connectivity index (χ4n) is 8.39. The van der Waals surface area contributed by atoms with Crippen LogP contribution in [0.1, 0.15) is 86.5 Å². The topological polar surface area (TPSA) is 76.5 Å². The molecule has 0 spiro atoms. The average Bonchev–Trinajstić information content (AvgIpc) is 3.00. The van der Waals surface area contributed by atoms with Gasteiger partial charge in [0.05, 0.1) is 11.7 Å². The molecule has 0 saturated heterocycles. The molecule has 32 heavy (non-hydrogen) atoms. The van der Waals surface area contributed by atoms with E-state index in [1.54, 1.807) is 7.11 Å². The predicted molar refractivity (Wildman–Crippen MR) is 129 cm³/mol. The number of methoxy groups -OCH3 is 1. The zero-order valence-corrected chi connectivity index (χ0v) is 22.6. The number of ether oxygens (including phenoxy) is 1. The van der Waals surface area contributed by atoms with Gasteiger partial charge in [-0.25, -0.2) is 0 Å². The smallest absolute Gasteiger partial charge is 0.167 e. The Kier molecular flexibility index (Phi) is 5.95. The van der Waals surface area contributed by atoms with Crippen LogP contribution in [0, 0.1) is 39.9 Å². The van der Waals surface area contributed by atoms with E-state index in [-0.39, 0.29) is 40.6 Å². The summed E-state index contributed by atoms with van der Waals surface area (Å²) in [7, 11) is 0.902. The Bertz CT molecular complexity index is 817. The summed E-state index contributed by atoms with van der Waals surface area (Å²) in [5.41, 5.74) is -0.705. The second kappa shape index (κ2) is 7.84. The number of Topliss-reactive ketones (excluding diaryl/α,β-unsaturated/α-hetero) is 2. The van der Waals surface area contributed by atoms with Crippen molar-refractivity contribution >= 4 is 27.0 Å². The Labute approximate surface area is 196 Å². The lowest BCUT2D eigenvalue weighted by molar-refractivity contribution is -0.190. The summed E-state index contributed by atoms with van der Waals surface area (Å²) in [4.78, 5) is 25.6. The Balaban J connectivity index is 1.84. The number of carbonyl (C=O) groups excluding carboxylic acids is 2. The van der Waals surface area contributed by atoms with Gasteiger partial charge in [-0.1, -0.05) is 27.7 Å². The number of ketones is 2. The summed E-state index contributed by atoms with van der Waals surface area (Å²) in [6.07, 6.45) is 5.03. The minimum atomic E-state index is -0.860. The van der Waals surface area contributed by atoms with Crippen LogP contribution in [-0.2, 0) is 18.8 Å². The Morgan fingerprint density at radius 2 is 1.75 bits per heavy atom. The average molecular weight is 462 g/mol. The van der Waals surface area contributed by atoms with Crippen LogP contribution in [0.2, 0.25) is 5.04 Å². The van der Waals surface area contributed by atoms with Crippen molar-refractivity contribution in [3.05, 3.63) is 0 Å². The first-order valence-corrected chi connectivity index (χ1v) is 13.9. The van der Waals surface area contributed by atoms with Crippen molar-refractivity contribution in [2.24, 2.45) is 34.5 Å². The summed E-state index contributed by atoms with van der Waals surface area (Å²) < 4.78 is 13.0. The summed E-state index contributed by atoms with van der Waals surface area (Å²) in [6.45, 7) is 13.3. The Hall–Kier alpha value is -0.853. The van der Waals surface area contributed by atoms with Crippen molar-refractivity contribution in [2.45, 2.75) is 103 Å². The van der Waals surface area contributed by atoms with Crippen LogP contribution in [0.5, 0.6) is 0 Å². The highest BCUT2D eigenvalue weighted by molar-refractivity contribution is 6.32. The van der Waals surface area contributed by atoms with Gasteiger partial charge in [-0.3, -0.25) is 9.59 Å². The molecule has 0 radical (unpaired) electrons. The molecular formula is C26H43NO4Si. The fourth-order valence-corrected chi connectivity index (χ4v) is 9.42. The Morgan fingerprint density at radius 3 is 2.38 bits per heavy atom. The lowest BCUT2D eigenvalue weighted by Crippen LogP contribution is -2.70. The van der Waals surface area contributed by atoms with Crippen LogP contribution in [-0.4, -0.2) is 45.9 Å². The van der Waals surface area contributed by atoms with E-state index in [0.717, 1.165) is 25.7 Å². The van der Waals surface area contributed by atoms with Crippen LogP contribution in [0.25, 0.3) is 0 Å². The lowest BCUT2D eigenvalue weighted by Gasteiger charge is -2.66. The molecule has 0 aromatic carbocycles. The molecule has 0 heterocycles. The fraction of sp³-hybridized carbons (Fsp3) is 0.885. The highest BCUT2D eigenvalue weighted by Crippen LogP contribution is 2.68. The third-order valence-corrected chi connectivity index (χ3v) is 11.5. The largest absolute Gasteiger partial charge is 0.418 e. The molecule has 1 N–H and O–H groups in total. The van der Waals surface area contributed by atoms with Gasteiger partial charge in [0.2, 0.25) is 0 Å². The molecule has 0 amide bonds. The van der Waals surface area contributed by atoms with Crippen LogP contribution < -0.4 is 0 Å². The third kappa shape index (κ3) is 3.42. The van der Waals surface area contributed by atoms with E-state index >= 15 is 0 Å². The van der Waals surface area contributed by atoms with Crippen molar-refractivity contribution in [1.82, 2.24) is 0 Å². The van der Waals surface area contributed by atoms with Crippen molar-refractivity contribution in [3.63, 3.8) is 0 Å². The van der Waals surface area contributed by atoms with Crippen molar-refractivity contribution < 1.29 is 18.8 Å². The molecule has 0 aliphatic heterocycles. The van der Waals surface area contributed by atoms with Gasteiger partial charge in [-0.2, -0.15) is 0 Å². The van der Waals surface area contributed by atoms with E-state index < -0.39 is 20.8 Å². The lowest BCUT2D eigenvalue weighted by atomic mass is 9.40. The monoisotopic (exact) mass is 461 g/mol. The molecule has 4 aliphatic rings. The van der Waals surface area contributed by atoms with Crippen LogP contribution >= 0.6 is 0 Å². The maximum Gasteiger partial charge on any atom is 0.167 e. The minimum absolute atomic E-state index is 0.0204. The second-order valence-corrected chi connectivity index (χ2v) is 15.7. The highest BCUT2D eigenvalue weighted by Gasteiger charge is 2.70. The first-order chi connectivity index (χ1) is 14.8. The van der Waals surface area contributed by atoms with Crippen molar-refractivity contribution in [1.29, 1.82) is 5.41 Å². The molecule has 5 nitrogen and oxygen atoms in total. The maximum absolute atomic E-state index is 12.9. The number of hydrogen-bond acceptors (Lipinski definition) is 5. The number of fused-ring (bicyclic) bond motifs is 5. The molecule has 4 aliphatic carbocycles. The zero-order valence-electron chi connectivity index (χ0n) is 21.2. The quantitative estimate of drug-likeness (QED) is 0.626. The van der Waals surface area contributed by atoms with Gasteiger partial charge in [0.25, 0.3) is 0 Å². The summed E-state index contributed by atoms with van der Waals surface area (Å²) in [5.74, 6) is 1.53. The van der Waals surface area contributed by atoms with E-state index in [1.165, 1.54) is 0 Å². The minimum Gasteiger partial charge on any atom is -0.418 e. The van der Waals surface area contributed by atoms with Crippen molar-refractivity contribution in [2.75, 3.05) is 7.11 Å². The molecule has 0 aromatic heterocycles. The van der Waals surface area contributed by atoms with E-state index in [1.807, 2.05) is 0 Å². The Morgan fingerprint density at radius 1 is 1.06 bits per heavy atom. The summed E-state index contributed by atoms with van der Waals surface area (Å²) in [6, 6.07) is 0. The van der Waals surface area contributed by atoms with Gasteiger partial charge in [0.15, 0.2) is 9.76 Å². The van der Waals surface area contributed by atoms with E-state index in [2.05, 4.69) is 41.5 Å². The maximum atomic E-state index is 12.9. The first kappa shape index (κ1) is 24.3. The van der Waals surface area contributed by atoms with Gasteiger partial charge in [0, 0.05) is 48.8 Å². The summed E-state index contributed by atoms with van der Waals surface area (Å²) >= 11 is 0. The van der Waals surface area contributed by atoms with E-state index in [0.29, 0.717) is 36.2 Å².